The van der Waals surface area contributed by atoms with Crippen molar-refractivity contribution >= 4 is 11.9 Å². The number of rotatable bonds is 6. The molecule has 0 rings (SSSR count). The van der Waals surface area contributed by atoms with Crippen LogP contribution < -0.4 is 11.1 Å². The third-order valence-electron chi connectivity index (χ3n) is 2.34. The van der Waals surface area contributed by atoms with Gasteiger partial charge in [-0.15, -0.1) is 0 Å². The summed E-state index contributed by atoms with van der Waals surface area (Å²) < 4.78 is 0. The average molecular weight is 230 g/mol. The van der Waals surface area contributed by atoms with E-state index in [0.717, 1.165) is 0 Å². The first kappa shape index (κ1) is 14.9. The zero-order valence-corrected chi connectivity index (χ0v) is 10.4. The summed E-state index contributed by atoms with van der Waals surface area (Å²) in [6.07, 6.45) is 0.409. The Morgan fingerprint density at radius 2 is 1.75 bits per heavy atom. The number of aliphatic carboxylic acids is 1. The summed E-state index contributed by atoms with van der Waals surface area (Å²) in [4.78, 5) is 22.5. The van der Waals surface area contributed by atoms with Crippen LogP contribution in [0.1, 0.15) is 34.1 Å². The van der Waals surface area contributed by atoms with E-state index >= 15 is 0 Å². The van der Waals surface area contributed by atoms with Crippen LogP contribution in [-0.2, 0) is 9.59 Å². The van der Waals surface area contributed by atoms with Gasteiger partial charge in [0.2, 0.25) is 5.91 Å². The quantitative estimate of drug-likeness (QED) is 0.622. The van der Waals surface area contributed by atoms with Gasteiger partial charge in [0, 0.05) is 0 Å². The summed E-state index contributed by atoms with van der Waals surface area (Å²) in [5, 5.41) is 11.4. The Kier molecular flexibility index (Phi) is 6.03. The highest BCUT2D eigenvalue weighted by Gasteiger charge is 2.25. The first-order valence-corrected chi connectivity index (χ1v) is 5.54. The van der Waals surface area contributed by atoms with Gasteiger partial charge in [-0.05, 0) is 18.3 Å². The van der Waals surface area contributed by atoms with Crippen LogP contribution >= 0.6 is 0 Å². The molecule has 0 fully saturated rings. The molecular formula is C11H22N2O3. The van der Waals surface area contributed by atoms with Gasteiger partial charge in [-0.1, -0.05) is 27.7 Å². The number of nitrogens with one attached hydrogen (secondary N) is 1. The molecule has 0 aromatic rings. The van der Waals surface area contributed by atoms with Crippen molar-refractivity contribution in [3.63, 3.8) is 0 Å². The predicted octanol–water partition coefficient (Wildman–Crippen LogP) is 0.585. The summed E-state index contributed by atoms with van der Waals surface area (Å²) in [5.74, 6) is -1.22. The van der Waals surface area contributed by atoms with Gasteiger partial charge in [0.25, 0.3) is 0 Å². The second-order valence-corrected chi connectivity index (χ2v) is 4.80. The van der Waals surface area contributed by atoms with E-state index in [1.54, 1.807) is 0 Å². The van der Waals surface area contributed by atoms with Crippen molar-refractivity contribution in [2.24, 2.45) is 17.6 Å². The van der Waals surface area contributed by atoms with Gasteiger partial charge in [0.15, 0.2) is 0 Å². The van der Waals surface area contributed by atoms with Crippen molar-refractivity contribution in [2.75, 3.05) is 0 Å². The molecule has 0 spiro atoms. The van der Waals surface area contributed by atoms with Crippen molar-refractivity contribution in [1.82, 2.24) is 5.32 Å². The maximum Gasteiger partial charge on any atom is 0.326 e. The predicted molar refractivity (Wildman–Crippen MR) is 61.8 cm³/mol. The molecule has 0 aromatic heterocycles. The molecule has 0 aliphatic rings. The standard InChI is InChI=1S/C11H22N2O3/c1-6(2)5-8(11(15)16)13-10(14)9(12)7(3)4/h6-9H,5,12H2,1-4H3,(H,13,14)(H,15,16)/t8-,9+/m0/s1. The summed E-state index contributed by atoms with van der Waals surface area (Å²) >= 11 is 0. The van der Waals surface area contributed by atoms with Crippen molar-refractivity contribution < 1.29 is 14.7 Å². The van der Waals surface area contributed by atoms with Gasteiger partial charge in [0.1, 0.15) is 6.04 Å². The van der Waals surface area contributed by atoms with E-state index in [1.807, 2.05) is 27.7 Å². The van der Waals surface area contributed by atoms with E-state index in [1.165, 1.54) is 0 Å². The number of amides is 1. The molecule has 1 amide bonds. The van der Waals surface area contributed by atoms with Crippen LogP contribution in [0.5, 0.6) is 0 Å². The molecule has 0 heterocycles. The van der Waals surface area contributed by atoms with E-state index in [0.29, 0.717) is 6.42 Å². The summed E-state index contributed by atoms with van der Waals surface area (Å²) in [7, 11) is 0. The van der Waals surface area contributed by atoms with Gasteiger partial charge in [0.05, 0.1) is 6.04 Å². The fraction of sp³-hybridized carbons (Fsp3) is 0.818. The molecule has 0 aliphatic carbocycles. The fourth-order valence-corrected chi connectivity index (χ4v) is 1.26. The van der Waals surface area contributed by atoms with E-state index in [4.69, 9.17) is 10.8 Å². The number of carbonyl (C=O) groups is 2. The topological polar surface area (TPSA) is 92.4 Å². The molecule has 4 N–H and O–H groups in total. The van der Waals surface area contributed by atoms with E-state index in [-0.39, 0.29) is 11.8 Å². The maximum absolute atomic E-state index is 11.6. The highest BCUT2D eigenvalue weighted by molar-refractivity contribution is 5.86. The highest BCUT2D eigenvalue weighted by Crippen LogP contribution is 2.06. The van der Waals surface area contributed by atoms with Gasteiger partial charge in [-0.25, -0.2) is 4.79 Å². The van der Waals surface area contributed by atoms with Crippen LogP contribution in [0.3, 0.4) is 0 Å². The third-order valence-corrected chi connectivity index (χ3v) is 2.34. The van der Waals surface area contributed by atoms with E-state index in [2.05, 4.69) is 5.32 Å². The summed E-state index contributed by atoms with van der Waals surface area (Å²) in [6.45, 7) is 7.46. The zero-order chi connectivity index (χ0) is 12.9. The molecule has 16 heavy (non-hydrogen) atoms. The Bertz CT molecular complexity index is 252. The monoisotopic (exact) mass is 230 g/mol. The normalized spacial score (nSPS) is 14.9. The Morgan fingerprint density at radius 1 is 1.25 bits per heavy atom. The molecule has 2 atom stereocenters. The lowest BCUT2D eigenvalue weighted by Crippen LogP contribution is -2.50. The molecule has 0 saturated heterocycles. The Morgan fingerprint density at radius 3 is 2.06 bits per heavy atom. The minimum absolute atomic E-state index is 0.00602. The second kappa shape index (κ2) is 6.48. The molecule has 0 unspecified atom stereocenters. The first-order chi connectivity index (χ1) is 7.25. The minimum atomic E-state index is -1.02. The molecule has 5 heteroatoms. The van der Waals surface area contributed by atoms with Crippen molar-refractivity contribution in [3.05, 3.63) is 0 Å². The molecule has 94 valence electrons. The van der Waals surface area contributed by atoms with Gasteiger partial charge in [-0.2, -0.15) is 0 Å². The highest BCUT2D eigenvalue weighted by atomic mass is 16.4. The Balaban J connectivity index is 4.40. The third kappa shape index (κ3) is 5.11. The number of carbonyl (C=O) groups excluding carboxylic acids is 1. The van der Waals surface area contributed by atoms with Crippen LogP contribution in [0.2, 0.25) is 0 Å². The molecule has 5 nitrogen and oxygen atoms in total. The molecule has 0 aromatic carbocycles. The minimum Gasteiger partial charge on any atom is -0.480 e. The van der Waals surface area contributed by atoms with E-state index < -0.39 is 24.0 Å². The molecule has 0 saturated carbocycles. The number of nitrogens with two attached hydrogens (primary N) is 1. The largest absolute Gasteiger partial charge is 0.480 e. The number of carboxylic acids is 1. The van der Waals surface area contributed by atoms with Crippen molar-refractivity contribution in [3.8, 4) is 0 Å². The van der Waals surface area contributed by atoms with Gasteiger partial charge >= 0.3 is 5.97 Å². The van der Waals surface area contributed by atoms with Crippen LogP contribution in [-0.4, -0.2) is 29.1 Å². The van der Waals surface area contributed by atoms with Crippen LogP contribution in [0.25, 0.3) is 0 Å². The SMILES string of the molecule is CC(C)C[C@H](NC(=O)[C@H](N)C(C)C)C(=O)O. The van der Waals surface area contributed by atoms with Crippen molar-refractivity contribution in [2.45, 2.75) is 46.2 Å². The number of hydrogen-bond donors (Lipinski definition) is 3. The Labute approximate surface area is 96.4 Å². The maximum atomic E-state index is 11.6. The lowest BCUT2D eigenvalue weighted by molar-refractivity contribution is -0.142. The number of carboxylic acid groups (broad SMARTS) is 1. The van der Waals surface area contributed by atoms with Crippen LogP contribution in [0.4, 0.5) is 0 Å². The molecule has 0 aliphatic heterocycles. The van der Waals surface area contributed by atoms with E-state index in [9.17, 15) is 9.59 Å². The van der Waals surface area contributed by atoms with Gasteiger partial charge < -0.3 is 16.2 Å². The summed E-state index contributed by atoms with van der Waals surface area (Å²) in [6, 6.07) is -1.51. The molecule has 0 radical (unpaired) electrons. The number of hydrogen-bond acceptors (Lipinski definition) is 3. The van der Waals surface area contributed by atoms with Crippen LogP contribution in [0.15, 0.2) is 0 Å². The molecular weight excluding hydrogens is 208 g/mol. The average Bonchev–Trinajstić information content (AvgIpc) is 2.14. The zero-order valence-electron chi connectivity index (χ0n) is 10.4. The van der Waals surface area contributed by atoms with Crippen molar-refractivity contribution in [1.29, 1.82) is 0 Å². The summed E-state index contributed by atoms with van der Waals surface area (Å²) in [5.41, 5.74) is 5.63. The lowest BCUT2D eigenvalue weighted by Gasteiger charge is -2.20. The first-order valence-electron chi connectivity index (χ1n) is 5.54. The lowest BCUT2D eigenvalue weighted by atomic mass is 10.0. The Hall–Kier alpha value is -1.10. The van der Waals surface area contributed by atoms with Crippen LogP contribution in [0, 0.1) is 11.8 Å². The molecule has 0 bridgehead atoms. The fourth-order valence-electron chi connectivity index (χ4n) is 1.26. The smallest absolute Gasteiger partial charge is 0.326 e. The van der Waals surface area contributed by atoms with Gasteiger partial charge in [-0.3, -0.25) is 4.79 Å². The second-order valence-electron chi connectivity index (χ2n) is 4.80.